The van der Waals surface area contributed by atoms with Gasteiger partial charge in [0.2, 0.25) is 0 Å². The van der Waals surface area contributed by atoms with Crippen molar-refractivity contribution in [3.8, 4) is 11.3 Å². The second kappa shape index (κ2) is 5.90. The molecular weight excluding hydrogens is 328 g/mol. The maximum atomic E-state index is 11.6. The number of esters is 1. The van der Waals surface area contributed by atoms with Crippen molar-refractivity contribution in [1.29, 1.82) is 0 Å². The zero-order valence-electron chi connectivity index (χ0n) is 14.6. The fourth-order valence-electron chi connectivity index (χ4n) is 3.70. The lowest BCUT2D eigenvalue weighted by molar-refractivity contribution is -0.149. The molecule has 2 aliphatic carbocycles. The molecule has 0 N–H and O–H groups in total. The van der Waals surface area contributed by atoms with Gasteiger partial charge in [-0.3, -0.25) is 14.5 Å². The predicted octanol–water partition coefficient (Wildman–Crippen LogP) is 3.49. The molecule has 2 saturated carbocycles. The summed E-state index contributed by atoms with van der Waals surface area (Å²) in [6.07, 6.45) is 7.88. The van der Waals surface area contributed by atoms with Gasteiger partial charge in [-0.2, -0.15) is 5.10 Å². The minimum Gasteiger partial charge on any atom is -0.469 e. The number of carbonyl (C=O) groups excluding carboxylic acids is 1. The number of hydrogen-bond donors (Lipinski definition) is 0. The Kier molecular flexibility index (Phi) is 3.51. The Morgan fingerprint density at radius 1 is 1.19 bits per heavy atom. The van der Waals surface area contributed by atoms with Crippen LogP contribution in [0.3, 0.4) is 0 Å². The highest BCUT2D eigenvalue weighted by Gasteiger charge is 2.38. The molecule has 6 nitrogen and oxygen atoms in total. The Balaban J connectivity index is 1.48. The van der Waals surface area contributed by atoms with Crippen LogP contribution in [0.15, 0.2) is 36.7 Å². The van der Waals surface area contributed by atoms with Crippen molar-refractivity contribution in [1.82, 2.24) is 19.7 Å². The molecule has 2 fully saturated rings. The molecule has 1 aromatic carbocycles. The normalized spacial score (nSPS) is 22.2. The van der Waals surface area contributed by atoms with Crippen molar-refractivity contribution in [2.24, 2.45) is 5.92 Å². The molecule has 0 unspecified atom stereocenters. The lowest BCUT2D eigenvalue weighted by Crippen LogP contribution is -2.33. The number of methoxy groups -OCH3 is 1. The Hall–Kier alpha value is -2.76. The van der Waals surface area contributed by atoms with Crippen LogP contribution in [-0.2, 0) is 9.53 Å². The van der Waals surface area contributed by atoms with Crippen LogP contribution in [0.25, 0.3) is 22.3 Å². The van der Waals surface area contributed by atoms with E-state index in [9.17, 15) is 4.79 Å². The number of fused-ring (bicyclic) bond motifs is 1. The average Bonchev–Trinajstić information content (AvgIpc) is 3.39. The minimum atomic E-state index is -0.114. The predicted molar refractivity (Wildman–Crippen MR) is 96.5 cm³/mol. The summed E-state index contributed by atoms with van der Waals surface area (Å²) < 4.78 is 6.87. The third-order valence-electron chi connectivity index (χ3n) is 5.47. The van der Waals surface area contributed by atoms with Gasteiger partial charge in [-0.25, -0.2) is 4.98 Å². The molecule has 6 heteroatoms. The van der Waals surface area contributed by atoms with Gasteiger partial charge in [-0.15, -0.1) is 0 Å². The zero-order valence-corrected chi connectivity index (χ0v) is 14.6. The van der Waals surface area contributed by atoms with E-state index >= 15 is 0 Å². The SMILES string of the molecule is COC(=O)C1CC(n2cc(-c3cnc4ccccc4n3)c(C3CC3)n2)C1. The van der Waals surface area contributed by atoms with Crippen LogP contribution >= 0.6 is 0 Å². The third-order valence-corrected chi connectivity index (χ3v) is 5.47. The summed E-state index contributed by atoms with van der Waals surface area (Å²) in [5.74, 6) is 0.412. The van der Waals surface area contributed by atoms with Crippen LogP contribution in [0.5, 0.6) is 0 Å². The van der Waals surface area contributed by atoms with Gasteiger partial charge in [0.25, 0.3) is 0 Å². The molecule has 0 radical (unpaired) electrons. The van der Waals surface area contributed by atoms with Crippen molar-refractivity contribution >= 4 is 17.0 Å². The van der Waals surface area contributed by atoms with E-state index in [1.807, 2.05) is 35.1 Å². The van der Waals surface area contributed by atoms with E-state index in [0.717, 1.165) is 40.8 Å². The molecule has 26 heavy (non-hydrogen) atoms. The van der Waals surface area contributed by atoms with Crippen LogP contribution in [-0.4, -0.2) is 32.8 Å². The second-order valence-electron chi connectivity index (χ2n) is 7.27. The van der Waals surface area contributed by atoms with Gasteiger partial charge in [0.1, 0.15) is 0 Å². The van der Waals surface area contributed by atoms with Crippen molar-refractivity contribution < 1.29 is 9.53 Å². The van der Waals surface area contributed by atoms with Crippen LogP contribution in [0.1, 0.15) is 43.3 Å². The molecule has 3 aromatic rings. The van der Waals surface area contributed by atoms with Gasteiger partial charge in [-0.1, -0.05) is 12.1 Å². The van der Waals surface area contributed by atoms with E-state index in [-0.39, 0.29) is 17.9 Å². The lowest BCUT2D eigenvalue weighted by Gasteiger charge is -2.33. The Morgan fingerprint density at radius 3 is 2.69 bits per heavy atom. The Bertz CT molecular complexity index is 986. The summed E-state index contributed by atoms with van der Waals surface area (Å²) in [5, 5.41) is 4.87. The summed E-state index contributed by atoms with van der Waals surface area (Å²) in [6.45, 7) is 0. The monoisotopic (exact) mass is 348 g/mol. The number of hydrogen-bond acceptors (Lipinski definition) is 5. The van der Waals surface area contributed by atoms with Crippen molar-refractivity contribution in [2.75, 3.05) is 7.11 Å². The molecule has 2 aromatic heterocycles. The van der Waals surface area contributed by atoms with Gasteiger partial charge < -0.3 is 4.74 Å². The molecule has 0 amide bonds. The summed E-state index contributed by atoms with van der Waals surface area (Å²) in [7, 11) is 1.45. The number of rotatable bonds is 4. The molecule has 5 rings (SSSR count). The van der Waals surface area contributed by atoms with Gasteiger partial charge >= 0.3 is 5.97 Å². The maximum Gasteiger partial charge on any atom is 0.308 e. The first-order valence-electron chi connectivity index (χ1n) is 9.12. The minimum absolute atomic E-state index is 0.00230. The number of aromatic nitrogens is 4. The Morgan fingerprint density at radius 2 is 1.96 bits per heavy atom. The number of benzene rings is 1. The average molecular weight is 348 g/mol. The standard InChI is InChI=1S/C20H20N4O2/c1-26-20(25)13-8-14(9-13)24-11-15(19(23-24)12-6-7-12)18-10-21-16-4-2-3-5-17(16)22-18/h2-5,10-14H,6-9H2,1H3. The Labute approximate surface area is 151 Å². The smallest absolute Gasteiger partial charge is 0.308 e. The van der Waals surface area contributed by atoms with E-state index in [1.165, 1.54) is 20.0 Å². The third kappa shape index (κ3) is 2.57. The first-order valence-corrected chi connectivity index (χ1v) is 9.12. The van der Waals surface area contributed by atoms with Crippen LogP contribution in [0.2, 0.25) is 0 Å². The topological polar surface area (TPSA) is 69.9 Å². The lowest BCUT2D eigenvalue weighted by atomic mass is 9.80. The summed E-state index contributed by atoms with van der Waals surface area (Å²) in [6, 6.07) is 8.17. The van der Waals surface area contributed by atoms with E-state index in [4.69, 9.17) is 14.8 Å². The summed E-state index contributed by atoms with van der Waals surface area (Å²) in [4.78, 5) is 21.0. The first kappa shape index (κ1) is 15.5. The van der Waals surface area contributed by atoms with E-state index < -0.39 is 0 Å². The number of para-hydroxylation sites is 2. The fraction of sp³-hybridized carbons (Fsp3) is 0.400. The molecule has 0 saturated heterocycles. The number of nitrogens with zero attached hydrogens (tertiary/aromatic N) is 4. The molecule has 0 bridgehead atoms. The van der Waals surface area contributed by atoms with Gasteiger partial charge in [0, 0.05) is 17.7 Å². The molecule has 132 valence electrons. The second-order valence-corrected chi connectivity index (χ2v) is 7.27. The molecule has 2 aliphatic rings. The van der Waals surface area contributed by atoms with Gasteiger partial charge in [-0.05, 0) is 37.8 Å². The van der Waals surface area contributed by atoms with E-state index in [0.29, 0.717) is 5.92 Å². The molecular formula is C20H20N4O2. The van der Waals surface area contributed by atoms with Crippen LogP contribution in [0, 0.1) is 5.92 Å². The fourth-order valence-corrected chi connectivity index (χ4v) is 3.70. The first-order chi connectivity index (χ1) is 12.7. The van der Waals surface area contributed by atoms with Crippen molar-refractivity contribution in [3.05, 3.63) is 42.4 Å². The van der Waals surface area contributed by atoms with Crippen LogP contribution < -0.4 is 0 Å². The largest absolute Gasteiger partial charge is 0.469 e. The van der Waals surface area contributed by atoms with E-state index in [1.54, 1.807) is 0 Å². The number of ether oxygens (including phenoxy) is 1. The molecule has 0 spiro atoms. The molecule has 0 aliphatic heterocycles. The highest BCUT2D eigenvalue weighted by Crippen LogP contribution is 2.45. The number of carbonyl (C=O) groups is 1. The van der Waals surface area contributed by atoms with Crippen LogP contribution in [0.4, 0.5) is 0 Å². The van der Waals surface area contributed by atoms with Gasteiger partial charge in [0.05, 0.1) is 47.7 Å². The quantitative estimate of drug-likeness (QED) is 0.675. The van der Waals surface area contributed by atoms with Crippen molar-refractivity contribution in [3.63, 3.8) is 0 Å². The maximum absolute atomic E-state index is 11.6. The summed E-state index contributed by atoms with van der Waals surface area (Å²) in [5.41, 5.74) is 4.87. The summed E-state index contributed by atoms with van der Waals surface area (Å²) >= 11 is 0. The molecule has 0 atom stereocenters. The zero-order chi connectivity index (χ0) is 17.7. The molecule has 2 heterocycles. The van der Waals surface area contributed by atoms with Crippen molar-refractivity contribution in [2.45, 2.75) is 37.6 Å². The van der Waals surface area contributed by atoms with Gasteiger partial charge in [0.15, 0.2) is 0 Å². The van der Waals surface area contributed by atoms with E-state index in [2.05, 4.69) is 11.2 Å². The highest BCUT2D eigenvalue weighted by molar-refractivity contribution is 5.77. The highest BCUT2D eigenvalue weighted by atomic mass is 16.5.